The Morgan fingerprint density at radius 2 is 2.33 bits per heavy atom. The molecular weight excluding hydrogens is 110 g/mol. The summed E-state index contributed by atoms with van der Waals surface area (Å²) in [6, 6.07) is 3.05. The number of nitrogens with zero attached hydrogens (tertiary/aromatic N) is 1. The van der Waals surface area contributed by atoms with Crippen molar-refractivity contribution in [2.24, 2.45) is 11.8 Å². The molecule has 0 aromatic heterocycles. The smallest absolute Gasteiger partial charge is 0.0840 e. The molecule has 50 valence electrons. The first kappa shape index (κ1) is 6.61. The van der Waals surface area contributed by atoms with Crippen LogP contribution in [0.2, 0.25) is 0 Å². The van der Waals surface area contributed by atoms with E-state index in [0.29, 0.717) is 0 Å². The fourth-order valence-corrected chi connectivity index (χ4v) is 0.977. The molecule has 0 aromatic carbocycles. The monoisotopic (exact) mass is 124 g/mol. The molecule has 1 nitrogen and oxygen atoms in total. The van der Waals surface area contributed by atoms with Crippen LogP contribution in [0.3, 0.4) is 0 Å². The van der Waals surface area contributed by atoms with Crippen molar-refractivity contribution in [1.29, 1.82) is 0 Å². The molecule has 0 saturated heterocycles. The second-order valence-corrected chi connectivity index (χ2v) is 2.81. The molecular formula is C8H14N+. The number of hydrogen-bond acceptors (Lipinski definition) is 0. The quantitative estimate of drug-likeness (QED) is 0.505. The first-order valence-electron chi connectivity index (χ1n) is 3.74. The molecule has 1 saturated carbocycles. The van der Waals surface area contributed by atoms with Gasteiger partial charge in [-0.3, -0.25) is 0 Å². The van der Waals surface area contributed by atoms with E-state index < -0.39 is 0 Å². The molecule has 0 N–H and O–H groups in total. The van der Waals surface area contributed by atoms with Crippen molar-refractivity contribution in [2.75, 3.05) is 6.54 Å². The van der Waals surface area contributed by atoms with E-state index in [4.69, 9.17) is 0 Å². The van der Waals surface area contributed by atoms with Crippen molar-refractivity contribution < 1.29 is 0 Å². The summed E-state index contributed by atoms with van der Waals surface area (Å²) in [6.45, 7) is 5.22. The summed E-state index contributed by atoms with van der Waals surface area (Å²) >= 11 is 0. The minimum atomic E-state index is 0.890. The van der Waals surface area contributed by atoms with E-state index in [1.807, 2.05) is 6.92 Å². The van der Waals surface area contributed by atoms with Gasteiger partial charge in [-0.05, 0) is 18.3 Å². The van der Waals surface area contributed by atoms with Gasteiger partial charge < -0.3 is 0 Å². The maximum Gasteiger partial charge on any atom is 0.273 e. The van der Waals surface area contributed by atoms with Crippen LogP contribution in [-0.2, 0) is 0 Å². The highest BCUT2D eigenvalue weighted by atomic mass is 14.6. The highest BCUT2D eigenvalue weighted by Gasteiger charge is 2.32. The van der Waals surface area contributed by atoms with Gasteiger partial charge in [0.2, 0.25) is 0 Å². The molecule has 1 fully saturated rings. The zero-order chi connectivity index (χ0) is 6.69. The van der Waals surface area contributed by atoms with Gasteiger partial charge in [0.1, 0.15) is 0 Å². The first-order chi connectivity index (χ1) is 4.34. The third-order valence-electron chi connectivity index (χ3n) is 1.90. The van der Waals surface area contributed by atoms with E-state index in [1.165, 1.54) is 6.42 Å². The van der Waals surface area contributed by atoms with Crippen molar-refractivity contribution in [3.8, 4) is 6.07 Å². The predicted molar refractivity (Wildman–Crippen MR) is 39.7 cm³/mol. The van der Waals surface area contributed by atoms with Crippen LogP contribution < -0.4 is 0 Å². The zero-order valence-electron chi connectivity index (χ0n) is 6.22. The number of hydrogen-bond donors (Lipinski definition) is 0. The summed E-state index contributed by atoms with van der Waals surface area (Å²) < 4.78 is 0. The molecule has 0 bridgehead atoms. The molecule has 0 aromatic rings. The summed E-state index contributed by atoms with van der Waals surface area (Å²) in [6.07, 6.45) is 2.49. The normalized spacial score (nSPS) is 30.9. The Bertz CT molecular complexity index is 140. The molecule has 0 radical (unpaired) electrons. The molecule has 0 aliphatic heterocycles. The Morgan fingerprint density at radius 3 is 2.78 bits per heavy atom. The summed E-state index contributed by atoms with van der Waals surface area (Å²) in [4.78, 5) is 4.04. The minimum Gasteiger partial charge on any atom is -0.0840 e. The Morgan fingerprint density at radius 1 is 1.67 bits per heavy atom. The van der Waals surface area contributed by atoms with Gasteiger partial charge in [-0.25, -0.2) is 0 Å². The minimum absolute atomic E-state index is 0.890. The van der Waals surface area contributed by atoms with Crippen molar-refractivity contribution in [3.63, 3.8) is 0 Å². The van der Waals surface area contributed by atoms with Crippen LogP contribution in [0.25, 0.3) is 4.85 Å². The summed E-state index contributed by atoms with van der Waals surface area (Å²) in [5, 5.41) is 0. The van der Waals surface area contributed by atoms with Gasteiger partial charge in [-0.2, -0.15) is 0 Å². The molecule has 0 spiro atoms. The largest absolute Gasteiger partial charge is 0.273 e. The molecule has 0 heterocycles. The molecule has 9 heavy (non-hydrogen) atoms. The standard InChI is InChI=1S/C8H14N/c1-3-9-5-4-8-6-7(8)2/h7-8H,3-4,6H2,1-2H3/q+1. The van der Waals surface area contributed by atoms with Gasteiger partial charge in [0.05, 0.1) is 6.42 Å². The summed E-state index contributed by atoms with van der Waals surface area (Å²) in [5.41, 5.74) is 0. The van der Waals surface area contributed by atoms with Crippen molar-refractivity contribution in [3.05, 3.63) is 4.85 Å². The molecule has 1 rings (SSSR count). The zero-order valence-corrected chi connectivity index (χ0v) is 6.22. The number of rotatable bonds is 1. The van der Waals surface area contributed by atoms with Crippen LogP contribution >= 0.6 is 0 Å². The SMILES string of the molecule is CC[N+]#CCC1CC1C. The van der Waals surface area contributed by atoms with Crippen LogP contribution in [0.1, 0.15) is 26.7 Å². The first-order valence-corrected chi connectivity index (χ1v) is 3.74. The van der Waals surface area contributed by atoms with Gasteiger partial charge in [0.15, 0.2) is 0 Å². The molecule has 1 aliphatic carbocycles. The second-order valence-electron chi connectivity index (χ2n) is 2.81. The average Bonchev–Trinajstić information content (AvgIpc) is 2.48. The van der Waals surface area contributed by atoms with Crippen LogP contribution in [-0.4, -0.2) is 6.54 Å². The molecule has 1 aliphatic rings. The Kier molecular flexibility index (Phi) is 2.10. The Labute approximate surface area is 56.9 Å². The van der Waals surface area contributed by atoms with Crippen molar-refractivity contribution >= 4 is 0 Å². The molecule has 1 heteroatoms. The molecule has 2 atom stereocenters. The Hall–Kier alpha value is -0.510. The summed E-state index contributed by atoms with van der Waals surface area (Å²) in [5.74, 6) is 1.87. The average molecular weight is 124 g/mol. The van der Waals surface area contributed by atoms with Gasteiger partial charge in [0, 0.05) is 6.92 Å². The van der Waals surface area contributed by atoms with Gasteiger partial charge in [0.25, 0.3) is 12.6 Å². The Balaban J connectivity index is 2.06. The topological polar surface area (TPSA) is 4.36 Å². The van der Waals surface area contributed by atoms with Gasteiger partial charge >= 0.3 is 0 Å². The fraction of sp³-hybridized carbons (Fsp3) is 0.875. The lowest BCUT2D eigenvalue weighted by atomic mass is 10.3. The van der Waals surface area contributed by atoms with Gasteiger partial charge in [-0.1, -0.05) is 11.8 Å². The van der Waals surface area contributed by atoms with Gasteiger partial charge in [-0.15, -0.1) is 0 Å². The van der Waals surface area contributed by atoms with Crippen molar-refractivity contribution in [2.45, 2.75) is 26.7 Å². The highest BCUT2D eigenvalue weighted by molar-refractivity contribution is 4.95. The second kappa shape index (κ2) is 2.87. The van der Waals surface area contributed by atoms with Crippen LogP contribution in [0.15, 0.2) is 0 Å². The lowest BCUT2D eigenvalue weighted by Gasteiger charge is -1.74. The third kappa shape index (κ3) is 2.05. The fourth-order valence-electron chi connectivity index (χ4n) is 0.977. The van der Waals surface area contributed by atoms with Crippen LogP contribution in [0.4, 0.5) is 0 Å². The summed E-state index contributed by atoms with van der Waals surface area (Å²) in [7, 11) is 0. The maximum atomic E-state index is 4.04. The van der Waals surface area contributed by atoms with E-state index in [-0.39, 0.29) is 0 Å². The maximum absolute atomic E-state index is 4.04. The van der Waals surface area contributed by atoms with E-state index in [0.717, 1.165) is 24.8 Å². The van der Waals surface area contributed by atoms with Crippen molar-refractivity contribution in [1.82, 2.24) is 0 Å². The predicted octanol–water partition coefficient (Wildman–Crippen LogP) is 2.39. The van der Waals surface area contributed by atoms with E-state index in [9.17, 15) is 0 Å². The van der Waals surface area contributed by atoms with Crippen LogP contribution in [0, 0.1) is 17.9 Å². The van der Waals surface area contributed by atoms with E-state index in [2.05, 4.69) is 17.8 Å². The van der Waals surface area contributed by atoms with E-state index >= 15 is 0 Å². The van der Waals surface area contributed by atoms with E-state index in [1.54, 1.807) is 0 Å². The lowest BCUT2D eigenvalue weighted by molar-refractivity contribution is 0.777. The highest BCUT2D eigenvalue weighted by Crippen LogP contribution is 2.39. The molecule has 2 unspecified atom stereocenters. The molecule has 0 amide bonds. The third-order valence-corrected chi connectivity index (χ3v) is 1.90. The van der Waals surface area contributed by atoms with Crippen LogP contribution in [0.5, 0.6) is 0 Å². The lowest BCUT2D eigenvalue weighted by Crippen LogP contribution is -1.73.